The first kappa shape index (κ1) is 17.4. The van der Waals surface area contributed by atoms with E-state index in [0.717, 1.165) is 29.3 Å². The summed E-state index contributed by atoms with van der Waals surface area (Å²) in [7, 11) is -3.41. The first-order valence-corrected chi connectivity index (χ1v) is 9.14. The van der Waals surface area contributed by atoms with Gasteiger partial charge in [-0.2, -0.15) is 4.31 Å². The summed E-state index contributed by atoms with van der Waals surface area (Å²) in [5.74, 6) is 0. The second-order valence-electron chi connectivity index (χ2n) is 4.55. The molecule has 0 bridgehead atoms. The van der Waals surface area contributed by atoms with E-state index >= 15 is 0 Å². The average Bonchev–Trinajstić information content (AvgIpc) is 2.78. The molecule has 20 heavy (non-hydrogen) atoms. The van der Waals surface area contributed by atoms with Crippen molar-refractivity contribution in [3.63, 3.8) is 0 Å². The van der Waals surface area contributed by atoms with Gasteiger partial charge >= 0.3 is 0 Å². The van der Waals surface area contributed by atoms with Crippen LogP contribution >= 0.6 is 11.3 Å². The van der Waals surface area contributed by atoms with E-state index in [1.165, 1.54) is 4.31 Å². The van der Waals surface area contributed by atoms with Crippen LogP contribution in [-0.4, -0.2) is 32.4 Å². The number of hydrogen-bond acceptors (Lipinski definition) is 4. The van der Waals surface area contributed by atoms with Gasteiger partial charge in [-0.05, 0) is 26.0 Å². The zero-order valence-corrected chi connectivity index (χ0v) is 14.1. The topological polar surface area (TPSA) is 49.4 Å². The first-order chi connectivity index (χ1) is 9.47. The van der Waals surface area contributed by atoms with E-state index in [0.29, 0.717) is 18.0 Å². The van der Waals surface area contributed by atoms with Gasteiger partial charge in [0.2, 0.25) is 10.0 Å². The number of hydrogen-bond donors (Lipinski definition) is 1. The van der Waals surface area contributed by atoms with Crippen LogP contribution in [0.3, 0.4) is 0 Å². The molecule has 1 N–H and O–H groups in total. The van der Waals surface area contributed by atoms with Crippen LogP contribution in [0.4, 0.5) is 0 Å². The van der Waals surface area contributed by atoms with Crippen molar-refractivity contribution in [1.29, 1.82) is 0 Å². The summed E-state index contributed by atoms with van der Waals surface area (Å²) < 4.78 is 26.6. The highest BCUT2D eigenvalue weighted by atomic mass is 32.2. The van der Waals surface area contributed by atoms with Gasteiger partial charge in [-0.1, -0.05) is 19.9 Å². The molecule has 1 aromatic rings. The van der Waals surface area contributed by atoms with Crippen molar-refractivity contribution in [3.05, 3.63) is 28.5 Å². The second kappa shape index (κ2) is 7.93. The number of thiophene rings is 1. The normalized spacial score (nSPS) is 12.0. The van der Waals surface area contributed by atoms with Gasteiger partial charge in [0, 0.05) is 29.4 Å². The van der Waals surface area contributed by atoms with Crippen LogP contribution in [0, 0.1) is 6.92 Å². The van der Waals surface area contributed by atoms with Crippen LogP contribution in [0.1, 0.15) is 30.0 Å². The molecular formula is C14H24N2O2S2. The summed E-state index contributed by atoms with van der Waals surface area (Å²) in [4.78, 5) is 2.34. The Labute approximate surface area is 126 Å². The lowest BCUT2D eigenvalue weighted by Crippen LogP contribution is -2.31. The molecule has 6 heteroatoms. The number of rotatable bonds is 9. The van der Waals surface area contributed by atoms with Gasteiger partial charge in [-0.25, -0.2) is 8.42 Å². The third-order valence-electron chi connectivity index (χ3n) is 2.95. The fourth-order valence-electron chi connectivity index (χ4n) is 1.94. The molecule has 1 aromatic heterocycles. The van der Waals surface area contributed by atoms with Crippen LogP contribution in [0.2, 0.25) is 0 Å². The minimum Gasteiger partial charge on any atom is -0.312 e. The molecule has 0 aromatic carbocycles. The minimum atomic E-state index is -3.41. The van der Waals surface area contributed by atoms with Gasteiger partial charge in [0.05, 0.1) is 4.90 Å². The molecule has 0 spiro atoms. The van der Waals surface area contributed by atoms with Gasteiger partial charge in [-0.3, -0.25) is 0 Å². The Hall–Kier alpha value is -0.690. The molecule has 4 nitrogen and oxygen atoms in total. The largest absolute Gasteiger partial charge is 0.312 e. The zero-order chi connectivity index (χ0) is 15.2. The van der Waals surface area contributed by atoms with E-state index in [1.54, 1.807) is 23.5 Å². The predicted octanol–water partition coefficient (Wildman–Crippen LogP) is 2.75. The molecule has 0 atom stereocenters. The SMILES string of the molecule is C=CCN(CC)S(=O)(=O)c1cc(CNCCC)sc1C. The summed E-state index contributed by atoms with van der Waals surface area (Å²) in [5.41, 5.74) is 0. The van der Waals surface area contributed by atoms with E-state index < -0.39 is 10.0 Å². The summed E-state index contributed by atoms with van der Waals surface area (Å²) in [5, 5.41) is 3.30. The fourth-order valence-corrected chi connectivity index (χ4v) is 4.93. The highest BCUT2D eigenvalue weighted by Gasteiger charge is 2.25. The fraction of sp³-hybridized carbons (Fsp3) is 0.571. The maximum absolute atomic E-state index is 12.6. The predicted molar refractivity (Wildman–Crippen MR) is 85.7 cm³/mol. The number of nitrogens with one attached hydrogen (secondary N) is 1. The average molecular weight is 316 g/mol. The Morgan fingerprint density at radius 2 is 2.15 bits per heavy atom. The van der Waals surface area contributed by atoms with Gasteiger partial charge < -0.3 is 5.32 Å². The molecule has 0 aliphatic carbocycles. The monoisotopic (exact) mass is 316 g/mol. The maximum Gasteiger partial charge on any atom is 0.244 e. The van der Waals surface area contributed by atoms with Crippen LogP contribution in [0.15, 0.2) is 23.6 Å². The van der Waals surface area contributed by atoms with Crippen molar-refractivity contribution in [1.82, 2.24) is 9.62 Å². The van der Waals surface area contributed by atoms with Crippen molar-refractivity contribution >= 4 is 21.4 Å². The van der Waals surface area contributed by atoms with E-state index in [2.05, 4.69) is 18.8 Å². The Bertz CT molecular complexity index is 535. The van der Waals surface area contributed by atoms with Crippen molar-refractivity contribution in [2.45, 2.75) is 38.6 Å². The van der Waals surface area contributed by atoms with Crippen molar-refractivity contribution in [2.24, 2.45) is 0 Å². The van der Waals surface area contributed by atoms with Gasteiger partial charge in [-0.15, -0.1) is 17.9 Å². The maximum atomic E-state index is 12.6. The minimum absolute atomic E-state index is 0.345. The Kier molecular flexibility index (Phi) is 6.88. The van der Waals surface area contributed by atoms with Gasteiger partial charge in [0.15, 0.2) is 0 Å². The molecule has 0 fully saturated rings. The highest BCUT2D eigenvalue weighted by Crippen LogP contribution is 2.28. The van der Waals surface area contributed by atoms with E-state index in [1.807, 2.05) is 13.8 Å². The van der Waals surface area contributed by atoms with E-state index in [9.17, 15) is 8.42 Å². The molecule has 0 amide bonds. The second-order valence-corrected chi connectivity index (χ2v) is 7.80. The van der Waals surface area contributed by atoms with Gasteiger partial charge in [0.1, 0.15) is 0 Å². The Balaban J connectivity index is 2.97. The lowest BCUT2D eigenvalue weighted by Gasteiger charge is -2.18. The van der Waals surface area contributed by atoms with Crippen LogP contribution in [-0.2, 0) is 16.6 Å². The third kappa shape index (κ3) is 4.15. The molecule has 1 rings (SSSR count). The standard InChI is InChI=1S/C14H24N2O2S2/c1-5-8-15-11-13-10-14(12(4)19-13)20(17,18)16(7-3)9-6-2/h6,10,15H,2,5,7-9,11H2,1,3-4H3. The lowest BCUT2D eigenvalue weighted by atomic mass is 10.4. The van der Waals surface area contributed by atoms with Crippen molar-refractivity contribution < 1.29 is 8.42 Å². The molecule has 0 saturated heterocycles. The summed E-state index contributed by atoms with van der Waals surface area (Å²) in [6, 6.07) is 1.80. The van der Waals surface area contributed by atoms with Gasteiger partial charge in [0.25, 0.3) is 0 Å². The smallest absolute Gasteiger partial charge is 0.244 e. The van der Waals surface area contributed by atoms with E-state index in [4.69, 9.17) is 0 Å². The molecule has 0 radical (unpaired) electrons. The third-order valence-corrected chi connectivity index (χ3v) is 6.20. The summed E-state index contributed by atoms with van der Waals surface area (Å²) in [6.07, 6.45) is 2.69. The Morgan fingerprint density at radius 1 is 1.45 bits per heavy atom. The molecule has 1 heterocycles. The number of sulfonamides is 1. The number of aryl methyl sites for hydroxylation is 1. The zero-order valence-electron chi connectivity index (χ0n) is 12.5. The lowest BCUT2D eigenvalue weighted by molar-refractivity contribution is 0.459. The van der Waals surface area contributed by atoms with Crippen molar-refractivity contribution in [3.8, 4) is 0 Å². The first-order valence-electron chi connectivity index (χ1n) is 6.88. The summed E-state index contributed by atoms with van der Waals surface area (Å²) >= 11 is 1.54. The Morgan fingerprint density at radius 3 is 2.70 bits per heavy atom. The van der Waals surface area contributed by atoms with Crippen molar-refractivity contribution in [2.75, 3.05) is 19.6 Å². The molecule has 0 aliphatic rings. The van der Waals surface area contributed by atoms with E-state index in [-0.39, 0.29) is 0 Å². The summed E-state index contributed by atoms with van der Waals surface area (Å²) in [6.45, 7) is 11.9. The van der Waals surface area contributed by atoms with Crippen LogP contribution in [0.5, 0.6) is 0 Å². The number of likely N-dealkylation sites (N-methyl/N-ethyl adjacent to an activating group) is 1. The number of nitrogens with zero attached hydrogens (tertiary/aromatic N) is 1. The quantitative estimate of drug-likeness (QED) is 0.563. The van der Waals surface area contributed by atoms with Crippen LogP contribution in [0.25, 0.3) is 0 Å². The highest BCUT2D eigenvalue weighted by molar-refractivity contribution is 7.89. The molecule has 0 unspecified atom stereocenters. The molecule has 0 saturated carbocycles. The van der Waals surface area contributed by atoms with Crippen LogP contribution < -0.4 is 5.32 Å². The molecule has 114 valence electrons. The molecule has 0 aliphatic heterocycles. The molecular weight excluding hydrogens is 292 g/mol.